The molecular weight excluding hydrogens is 256 g/mol. The monoisotopic (exact) mass is 278 g/mol. The highest BCUT2D eigenvalue weighted by Gasteiger charge is 2.24. The van der Waals surface area contributed by atoms with Crippen LogP contribution in [0.2, 0.25) is 0 Å². The number of anilines is 1. The topological polar surface area (TPSA) is 73.6 Å². The first-order valence-electron chi connectivity index (χ1n) is 7.06. The quantitative estimate of drug-likeness (QED) is 0.808. The molecule has 1 aliphatic rings. The number of rotatable bonds is 5. The zero-order valence-electron chi connectivity index (χ0n) is 12.0. The second kappa shape index (κ2) is 6.61. The first-order valence-corrected chi connectivity index (χ1v) is 7.06. The van der Waals surface area contributed by atoms with Crippen molar-refractivity contribution in [3.8, 4) is 5.75 Å². The maximum atomic E-state index is 12.2. The van der Waals surface area contributed by atoms with Gasteiger partial charge in [-0.25, -0.2) is 0 Å². The number of nitrogens with one attached hydrogen (secondary N) is 1. The Morgan fingerprint density at radius 3 is 3.00 bits per heavy atom. The zero-order valence-corrected chi connectivity index (χ0v) is 12.0. The van der Waals surface area contributed by atoms with Crippen LogP contribution >= 0.6 is 0 Å². The number of nitrogen functional groups attached to an aromatic ring is 1. The number of benzene rings is 1. The predicted molar refractivity (Wildman–Crippen MR) is 77.9 cm³/mol. The normalized spacial score (nSPS) is 19.6. The van der Waals surface area contributed by atoms with E-state index >= 15 is 0 Å². The molecule has 3 N–H and O–H groups in total. The minimum Gasteiger partial charge on any atom is -0.494 e. The third-order valence-electron chi connectivity index (χ3n) is 3.38. The van der Waals surface area contributed by atoms with E-state index in [9.17, 15) is 4.79 Å². The van der Waals surface area contributed by atoms with Gasteiger partial charge in [-0.05, 0) is 38.8 Å². The van der Waals surface area contributed by atoms with E-state index < -0.39 is 0 Å². The van der Waals surface area contributed by atoms with Gasteiger partial charge in [0.15, 0.2) is 0 Å². The molecular formula is C15H22N2O3. The average Bonchev–Trinajstić information content (AvgIpc) is 2.92. The van der Waals surface area contributed by atoms with Crippen molar-refractivity contribution in [2.45, 2.75) is 38.8 Å². The van der Waals surface area contributed by atoms with Gasteiger partial charge in [-0.2, -0.15) is 0 Å². The van der Waals surface area contributed by atoms with Crippen molar-refractivity contribution < 1.29 is 14.3 Å². The third kappa shape index (κ3) is 3.63. The molecule has 1 fully saturated rings. The molecule has 1 aromatic rings. The van der Waals surface area contributed by atoms with Crippen molar-refractivity contribution >= 4 is 11.6 Å². The number of ether oxygens (including phenoxy) is 2. The van der Waals surface area contributed by atoms with E-state index in [-0.39, 0.29) is 18.1 Å². The lowest BCUT2D eigenvalue weighted by Crippen LogP contribution is -2.40. The number of hydrogen-bond acceptors (Lipinski definition) is 4. The zero-order chi connectivity index (χ0) is 14.5. The van der Waals surface area contributed by atoms with Gasteiger partial charge in [0.05, 0.1) is 18.8 Å². The molecule has 0 aromatic heterocycles. The van der Waals surface area contributed by atoms with Gasteiger partial charge in [0.2, 0.25) is 0 Å². The highest BCUT2D eigenvalue weighted by molar-refractivity contribution is 5.95. The van der Waals surface area contributed by atoms with Crippen molar-refractivity contribution in [1.82, 2.24) is 5.32 Å². The molecule has 0 spiro atoms. The first-order chi connectivity index (χ1) is 9.60. The van der Waals surface area contributed by atoms with Crippen LogP contribution in [0.5, 0.6) is 5.75 Å². The molecule has 2 atom stereocenters. The second-order valence-corrected chi connectivity index (χ2v) is 5.04. The molecule has 1 saturated heterocycles. The van der Waals surface area contributed by atoms with Crippen LogP contribution in [-0.2, 0) is 4.74 Å². The van der Waals surface area contributed by atoms with Crippen LogP contribution < -0.4 is 15.8 Å². The van der Waals surface area contributed by atoms with Crippen molar-refractivity contribution in [1.29, 1.82) is 0 Å². The Balaban J connectivity index is 2.04. The molecule has 1 heterocycles. The molecule has 0 bridgehead atoms. The molecule has 0 radical (unpaired) electrons. The van der Waals surface area contributed by atoms with Crippen LogP contribution in [0.15, 0.2) is 18.2 Å². The van der Waals surface area contributed by atoms with Crippen LogP contribution in [0.3, 0.4) is 0 Å². The highest BCUT2D eigenvalue weighted by atomic mass is 16.5. The predicted octanol–water partition coefficient (Wildman–Crippen LogP) is 1.96. The van der Waals surface area contributed by atoms with Crippen molar-refractivity contribution in [2.24, 2.45) is 0 Å². The summed E-state index contributed by atoms with van der Waals surface area (Å²) in [4.78, 5) is 12.2. The summed E-state index contributed by atoms with van der Waals surface area (Å²) in [5, 5.41) is 2.96. The lowest BCUT2D eigenvalue weighted by Gasteiger charge is -2.20. The van der Waals surface area contributed by atoms with Gasteiger partial charge in [0, 0.05) is 23.9 Å². The maximum absolute atomic E-state index is 12.2. The van der Waals surface area contributed by atoms with Gasteiger partial charge >= 0.3 is 0 Å². The Morgan fingerprint density at radius 1 is 1.55 bits per heavy atom. The van der Waals surface area contributed by atoms with E-state index in [4.69, 9.17) is 15.2 Å². The van der Waals surface area contributed by atoms with E-state index in [2.05, 4.69) is 5.32 Å². The molecule has 0 saturated carbocycles. The molecule has 1 amide bonds. The van der Waals surface area contributed by atoms with Crippen molar-refractivity contribution in [2.75, 3.05) is 18.9 Å². The lowest BCUT2D eigenvalue weighted by atomic mass is 10.1. The fourth-order valence-electron chi connectivity index (χ4n) is 2.38. The molecule has 110 valence electrons. The van der Waals surface area contributed by atoms with Crippen molar-refractivity contribution in [3.63, 3.8) is 0 Å². The third-order valence-corrected chi connectivity index (χ3v) is 3.38. The lowest BCUT2D eigenvalue weighted by molar-refractivity contribution is 0.0712. The number of nitrogens with two attached hydrogens (primary N) is 1. The van der Waals surface area contributed by atoms with Crippen LogP contribution in [0, 0.1) is 0 Å². The molecule has 2 rings (SSSR count). The van der Waals surface area contributed by atoms with E-state index in [1.165, 1.54) is 0 Å². The Morgan fingerprint density at radius 2 is 2.35 bits per heavy atom. The fourth-order valence-corrected chi connectivity index (χ4v) is 2.38. The SMILES string of the molecule is CCOc1cc(N)cc(C(=O)NC(C)C2CCCO2)c1. The smallest absolute Gasteiger partial charge is 0.251 e. The van der Waals surface area contributed by atoms with Gasteiger partial charge in [-0.3, -0.25) is 4.79 Å². The summed E-state index contributed by atoms with van der Waals surface area (Å²) in [6.07, 6.45) is 2.15. The van der Waals surface area contributed by atoms with Crippen LogP contribution in [0.25, 0.3) is 0 Å². The van der Waals surface area contributed by atoms with E-state index in [0.29, 0.717) is 23.6 Å². The molecule has 20 heavy (non-hydrogen) atoms. The first kappa shape index (κ1) is 14.7. The Bertz CT molecular complexity index is 470. The Hall–Kier alpha value is -1.75. The summed E-state index contributed by atoms with van der Waals surface area (Å²) in [5.74, 6) is 0.462. The molecule has 5 heteroatoms. The van der Waals surface area contributed by atoms with Crippen LogP contribution in [0.1, 0.15) is 37.0 Å². The number of carbonyl (C=O) groups is 1. The summed E-state index contributed by atoms with van der Waals surface area (Å²) >= 11 is 0. The molecule has 1 aromatic carbocycles. The molecule has 0 aliphatic carbocycles. The number of amides is 1. The average molecular weight is 278 g/mol. The fraction of sp³-hybridized carbons (Fsp3) is 0.533. The minimum atomic E-state index is -0.152. The summed E-state index contributed by atoms with van der Waals surface area (Å²) in [7, 11) is 0. The standard InChI is InChI=1S/C15H22N2O3/c1-3-19-13-8-11(7-12(16)9-13)15(18)17-10(2)14-5-4-6-20-14/h7-10,14H,3-6,16H2,1-2H3,(H,17,18). The molecule has 1 aliphatic heterocycles. The van der Waals surface area contributed by atoms with Crippen molar-refractivity contribution in [3.05, 3.63) is 23.8 Å². The van der Waals surface area contributed by atoms with Gasteiger partial charge < -0.3 is 20.5 Å². The van der Waals surface area contributed by atoms with Gasteiger partial charge in [0.1, 0.15) is 5.75 Å². The van der Waals surface area contributed by atoms with E-state index in [1.54, 1.807) is 18.2 Å². The van der Waals surface area contributed by atoms with Gasteiger partial charge in [-0.1, -0.05) is 0 Å². The second-order valence-electron chi connectivity index (χ2n) is 5.04. The van der Waals surface area contributed by atoms with E-state index in [0.717, 1.165) is 19.4 Å². The summed E-state index contributed by atoms with van der Waals surface area (Å²) < 4.78 is 11.0. The largest absolute Gasteiger partial charge is 0.494 e. The summed E-state index contributed by atoms with van der Waals surface area (Å²) in [6.45, 7) is 5.17. The van der Waals surface area contributed by atoms with Gasteiger partial charge in [-0.15, -0.1) is 0 Å². The molecule has 5 nitrogen and oxygen atoms in total. The highest BCUT2D eigenvalue weighted by Crippen LogP contribution is 2.20. The Labute approximate surface area is 119 Å². The molecule has 2 unspecified atom stereocenters. The van der Waals surface area contributed by atoms with Gasteiger partial charge in [0.25, 0.3) is 5.91 Å². The maximum Gasteiger partial charge on any atom is 0.251 e. The summed E-state index contributed by atoms with van der Waals surface area (Å²) in [5.41, 5.74) is 6.83. The Kier molecular flexibility index (Phi) is 4.84. The van der Waals surface area contributed by atoms with Crippen LogP contribution in [0.4, 0.5) is 5.69 Å². The minimum absolute atomic E-state index is 0.0121. The number of carbonyl (C=O) groups excluding carboxylic acids is 1. The van der Waals surface area contributed by atoms with Crippen LogP contribution in [-0.4, -0.2) is 31.3 Å². The number of hydrogen-bond donors (Lipinski definition) is 2. The van der Waals surface area contributed by atoms with E-state index in [1.807, 2.05) is 13.8 Å². The summed E-state index contributed by atoms with van der Waals surface area (Å²) in [6, 6.07) is 5.06.